The minimum atomic E-state index is 0. The zero-order chi connectivity index (χ0) is 18.6. The molecule has 3 aromatic rings. The van der Waals surface area contributed by atoms with Crippen LogP contribution in [0.4, 0.5) is 5.69 Å². The summed E-state index contributed by atoms with van der Waals surface area (Å²) in [5, 5.41) is 3.00. The first kappa shape index (κ1) is 23.0. The minimum Gasteiger partial charge on any atom is -0.487 e. The number of halogens is 2. The summed E-state index contributed by atoms with van der Waals surface area (Å²) in [7, 11) is 0. The van der Waals surface area contributed by atoms with Crippen LogP contribution < -0.4 is 15.8 Å². The van der Waals surface area contributed by atoms with Gasteiger partial charge in [-0.3, -0.25) is 4.79 Å². The Hall–Kier alpha value is -2.28. The van der Waals surface area contributed by atoms with Crippen LogP contribution in [0.15, 0.2) is 54.9 Å². The van der Waals surface area contributed by atoms with Crippen molar-refractivity contribution in [2.45, 2.75) is 25.9 Å². The number of imidazole rings is 1. The number of aromatic nitrogens is 2. The Morgan fingerprint density at radius 2 is 1.97 bits per heavy atom. The zero-order valence-electron chi connectivity index (χ0n) is 16.0. The highest BCUT2D eigenvalue weighted by molar-refractivity contribution is 5.93. The van der Waals surface area contributed by atoms with E-state index in [2.05, 4.69) is 10.3 Å². The van der Waals surface area contributed by atoms with Gasteiger partial charge in [-0.25, -0.2) is 4.98 Å². The highest BCUT2D eigenvalue weighted by atomic mass is 35.5. The molecule has 2 heterocycles. The molecule has 1 aromatic carbocycles. The predicted molar refractivity (Wildman–Crippen MR) is 119 cm³/mol. The number of nitrogens with two attached hydrogens (primary N) is 1. The molecule has 1 saturated carbocycles. The summed E-state index contributed by atoms with van der Waals surface area (Å²) in [5.74, 6) is 1.14. The maximum Gasteiger partial charge on any atom is 0.227 e. The average Bonchev–Trinajstić information content (AvgIpc) is 3.33. The van der Waals surface area contributed by atoms with Crippen LogP contribution in [-0.2, 0) is 11.4 Å². The number of anilines is 1. The number of fused-ring (bicyclic) bond motifs is 1. The van der Waals surface area contributed by atoms with E-state index in [4.69, 9.17) is 10.5 Å². The van der Waals surface area contributed by atoms with Crippen LogP contribution in [-0.4, -0.2) is 21.8 Å². The molecule has 29 heavy (non-hydrogen) atoms. The van der Waals surface area contributed by atoms with Crippen molar-refractivity contribution in [1.29, 1.82) is 0 Å². The van der Waals surface area contributed by atoms with Crippen molar-refractivity contribution in [1.82, 2.24) is 9.38 Å². The number of ether oxygens (including phenoxy) is 1. The monoisotopic (exact) mass is 436 g/mol. The average molecular weight is 437 g/mol. The number of benzene rings is 1. The molecule has 0 unspecified atom stereocenters. The predicted octanol–water partition coefficient (Wildman–Crippen LogP) is 4.07. The third-order valence-corrected chi connectivity index (χ3v) is 5.22. The number of carbonyl (C=O) groups is 1. The van der Waals surface area contributed by atoms with Crippen molar-refractivity contribution in [3.63, 3.8) is 0 Å². The quantitative estimate of drug-likeness (QED) is 0.609. The first-order chi connectivity index (χ1) is 13.2. The van der Waals surface area contributed by atoms with E-state index < -0.39 is 0 Å². The van der Waals surface area contributed by atoms with E-state index in [1.165, 1.54) is 0 Å². The van der Waals surface area contributed by atoms with Crippen molar-refractivity contribution in [2.24, 2.45) is 17.6 Å². The molecule has 1 amide bonds. The van der Waals surface area contributed by atoms with Crippen molar-refractivity contribution in [3.05, 3.63) is 60.6 Å². The minimum absolute atomic E-state index is 0. The summed E-state index contributed by atoms with van der Waals surface area (Å²) in [6.45, 7) is 0.974. The lowest BCUT2D eigenvalue weighted by Crippen LogP contribution is -2.29. The van der Waals surface area contributed by atoms with Crippen molar-refractivity contribution >= 4 is 42.1 Å². The molecule has 3 N–H and O–H groups in total. The molecule has 6 nitrogen and oxygen atoms in total. The maximum atomic E-state index is 12.5. The van der Waals surface area contributed by atoms with Crippen LogP contribution in [0.1, 0.15) is 25.0 Å². The fourth-order valence-electron chi connectivity index (χ4n) is 3.75. The highest BCUT2D eigenvalue weighted by Gasteiger charge is 2.31. The van der Waals surface area contributed by atoms with Crippen LogP contribution in [0.5, 0.6) is 5.75 Å². The summed E-state index contributed by atoms with van der Waals surface area (Å²) < 4.78 is 7.78. The molecule has 0 spiro atoms. The number of nitrogens with zero attached hydrogens (tertiary/aromatic N) is 2. The second-order valence-corrected chi connectivity index (χ2v) is 7.03. The van der Waals surface area contributed by atoms with Gasteiger partial charge in [0.1, 0.15) is 18.0 Å². The number of hydrogen-bond acceptors (Lipinski definition) is 4. The molecule has 2 atom stereocenters. The molecule has 2 aromatic heterocycles. The lowest BCUT2D eigenvalue weighted by Gasteiger charge is -2.17. The molecule has 1 aliphatic carbocycles. The van der Waals surface area contributed by atoms with Crippen LogP contribution in [0.25, 0.3) is 5.65 Å². The van der Waals surface area contributed by atoms with Gasteiger partial charge < -0.3 is 20.2 Å². The van der Waals surface area contributed by atoms with Gasteiger partial charge in [-0.05, 0) is 61.7 Å². The number of nitrogens with one attached hydrogen (secondary N) is 1. The summed E-state index contributed by atoms with van der Waals surface area (Å²) in [5.41, 5.74) is 8.33. The third-order valence-electron chi connectivity index (χ3n) is 5.22. The van der Waals surface area contributed by atoms with E-state index in [0.717, 1.165) is 42.0 Å². The Kier molecular flexibility index (Phi) is 8.32. The standard InChI is InChI=1S/C21H24N4O2.2ClH/c22-12-15-4-3-5-19(15)21(26)24-16-7-9-18(10-8-16)27-14-17-13-25-11-2-1-6-20(25)23-17;;/h1-2,6-11,13,15,19H,3-5,12,14,22H2,(H,24,26);2*1H/t15-,19-;;/m1../s1. The van der Waals surface area contributed by atoms with Gasteiger partial charge >= 0.3 is 0 Å². The molecule has 1 aliphatic rings. The Balaban J connectivity index is 0.00000150. The number of hydrogen-bond donors (Lipinski definition) is 2. The lowest BCUT2D eigenvalue weighted by molar-refractivity contribution is -0.120. The van der Waals surface area contributed by atoms with Gasteiger partial charge in [-0.2, -0.15) is 0 Å². The van der Waals surface area contributed by atoms with E-state index in [0.29, 0.717) is 19.1 Å². The second kappa shape index (κ2) is 10.5. The van der Waals surface area contributed by atoms with E-state index in [1.54, 1.807) is 0 Å². The summed E-state index contributed by atoms with van der Waals surface area (Å²) >= 11 is 0. The van der Waals surface area contributed by atoms with Crippen molar-refractivity contribution < 1.29 is 9.53 Å². The largest absolute Gasteiger partial charge is 0.487 e. The number of pyridine rings is 1. The van der Waals surface area contributed by atoms with Crippen molar-refractivity contribution in [3.8, 4) is 5.75 Å². The Bertz CT molecular complexity index is 897. The van der Waals surface area contributed by atoms with Crippen LogP contribution >= 0.6 is 24.8 Å². The molecule has 0 aliphatic heterocycles. The highest BCUT2D eigenvalue weighted by Crippen LogP contribution is 2.32. The summed E-state index contributed by atoms with van der Waals surface area (Å²) in [6.07, 6.45) is 6.97. The normalized spacial score (nSPS) is 18.0. The van der Waals surface area contributed by atoms with Gasteiger partial charge in [-0.15, -0.1) is 24.8 Å². The van der Waals surface area contributed by atoms with Crippen LogP contribution in [0.3, 0.4) is 0 Å². The van der Waals surface area contributed by atoms with Gasteiger partial charge in [0, 0.05) is 24.0 Å². The number of rotatable bonds is 6. The fourth-order valence-corrected chi connectivity index (χ4v) is 3.75. The molecular formula is C21H26Cl2N4O2. The molecule has 0 saturated heterocycles. The molecule has 1 fully saturated rings. The van der Waals surface area contributed by atoms with Gasteiger partial charge in [0.2, 0.25) is 5.91 Å². The molecule has 8 heteroatoms. The Morgan fingerprint density at radius 3 is 2.69 bits per heavy atom. The van der Waals surface area contributed by atoms with E-state index in [-0.39, 0.29) is 36.6 Å². The molecular weight excluding hydrogens is 411 g/mol. The first-order valence-electron chi connectivity index (χ1n) is 9.39. The zero-order valence-corrected chi connectivity index (χ0v) is 17.6. The maximum absolute atomic E-state index is 12.5. The van der Waals surface area contributed by atoms with E-state index in [1.807, 2.05) is 59.3 Å². The Morgan fingerprint density at radius 1 is 1.17 bits per heavy atom. The summed E-state index contributed by atoms with van der Waals surface area (Å²) in [6, 6.07) is 13.3. The molecule has 156 valence electrons. The van der Waals surface area contributed by atoms with Gasteiger partial charge in [-0.1, -0.05) is 12.5 Å². The van der Waals surface area contributed by atoms with Gasteiger partial charge in [0.05, 0.1) is 5.69 Å². The first-order valence-corrected chi connectivity index (χ1v) is 9.39. The topological polar surface area (TPSA) is 81.7 Å². The lowest BCUT2D eigenvalue weighted by atomic mass is 9.95. The molecule has 0 radical (unpaired) electrons. The van der Waals surface area contributed by atoms with Gasteiger partial charge in [0.15, 0.2) is 0 Å². The molecule has 0 bridgehead atoms. The Labute approximate surface area is 182 Å². The number of carbonyl (C=O) groups excluding carboxylic acids is 1. The van der Waals surface area contributed by atoms with Crippen LogP contribution in [0, 0.1) is 11.8 Å². The second-order valence-electron chi connectivity index (χ2n) is 7.03. The van der Waals surface area contributed by atoms with E-state index >= 15 is 0 Å². The van der Waals surface area contributed by atoms with E-state index in [9.17, 15) is 4.79 Å². The fraction of sp³-hybridized carbons (Fsp3) is 0.333. The molecule has 4 rings (SSSR count). The third kappa shape index (κ3) is 5.41. The van der Waals surface area contributed by atoms with Crippen LogP contribution in [0.2, 0.25) is 0 Å². The smallest absolute Gasteiger partial charge is 0.227 e. The van der Waals surface area contributed by atoms with Gasteiger partial charge in [0.25, 0.3) is 0 Å². The number of amides is 1. The summed E-state index contributed by atoms with van der Waals surface area (Å²) in [4.78, 5) is 17.0. The SMILES string of the molecule is Cl.Cl.NC[C@H]1CCC[C@H]1C(=O)Nc1ccc(OCc2cn3ccccc3n2)cc1. The van der Waals surface area contributed by atoms with Crippen molar-refractivity contribution in [2.75, 3.05) is 11.9 Å².